The third-order valence-electron chi connectivity index (χ3n) is 6.66. The van der Waals surface area contributed by atoms with E-state index in [4.69, 9.17) is 0 Å². The van der Waals surface area contributed by atoms with Crippen LogP contribution < -0.4 is 5.32 Å². The minimum Gasteiger partial charge on any atom is -0.352 e. The molecule has 0 aromatic heterocycles. The van der Waals surface area contributed by atoms with E-state index < -0.39 is 33.7 Å². The summed E-state index contributed by atoms with van der Waals surface area (Å²) in [6.07, 6.45) is 0.0909. The minimum absolute atomic E-state index is 0.0371. The van der Waals surface area contributed by atoms with Crippen LogP contribution >= 0.6 is 0 Å². The van der Waals surface area contributed by atoms with Gasteiger partial charge in [-0.2, -0.15) is 0 Å². The molecule has 0 aliphatic carbocycles. The monoisotopic (exact) mass is 565 g/mol. The predicted octanol–water partition coefficient (Wildman–Crippen LogP) is 3.92. The number of fused-ring (bicyclic) bond motifs is 1. The maximum absolute atomic E-state index is 14.7. The standard InChI is InChI=1S/C30H32FN3O5S/c1-21(2)32-29(36)26(19-22-11-4-3-5-12-22)33(20-23-13-6-8-15-25(23)31)28(35)17-10-18-34-30(37)24-14-7-9-16-27(24)40(34,38)39/h3-9,11-16,21,26H,10,17-20H2,1-2H3,(H,32,36)/t26-/m1/s1. The molecule has 1 atom stereocenters. The maximum Gasteiger partial charge on any atom is 0.269 e. The summed E-state index contributed by atoms with van der Waals surface area (Å²) in [5.41, 5.74) is 1.17. The van der Waals surface area contributed by atoms with Crippen LogP contribution in [0.3, 0.4) is 0 Å². The van der Waals surface area contributed by atoms with E-state index in [-0.39, 0.29) is 60.3 Å². The zero-order chi connectivity index (χ0) is 28.9. The van der Waals surface area contributed by atoms with E-state index in [0.29, 0.717) is 0 Å². The fourth-order valence-electron chi connectivity index (χ4n) is 4.71. The second-order valence-electron chi connectivity index (χ2n) is 9.96. The van der Waals surface area contributed by atoms with Crippen molar-refractivity contribution in [3.8, 4) is 0 Å². The molecule has 1 aliphatic heterocycles. The van der Waals surface area contributed by atoms with Gasteiger partial charge >= 0.3 is 0 Å². The molecule has 0 saturated carbocycles. The van der Waals surface area contributed by atoms with Crippen LogP contribution in [0, 0.1) is 5.82 Å². The lowest BCUT2D eigenvalue weighted by Gasteiger charge is -2.32. The molecule has 0 bridgehead atoms. The molecule has 1 heterocycles. The molecule has 40 heavy (non-hydrogen) atoms. The van der Waals surface area contributed by atoms with Crippen molar-refractivity contribution in [3.05, 3.63) is 101 Å². The van der Waals surface area contributed by atoms with Gasteiger partial charge in [-0.1, -0.05) is 60.7 Å². The van der Waals surface area contributed by atoms with Crippen LogP contribution in [-0.2, 0) is 32.6 Å². The summed E-state index contributed by atoms with van der Waals surface area (Å²) in [5.74, 6) is -1.97. The van der Waals surface area contributed by atoms with Gasteiger partial charge in [0.2, 0.25) is 11.8 Å². The first kappa shape index (κ1) is 28.9. The Balaban J connectivity index is 1.57. The first-order valence-corrected chi connectivity index (χ1v) is 14.6. The molecule has 4 rings (SSSR count). The fraction of sp³-hybridized carbons (Fsp3) is 0.300. The molecule has 0 radical (unpaired) electrons. The predicted molar refractivity (Wildman–Crippen MR) is 148 cm³/mol. The second kappa shape index (κ2) is 12.4. The molecule has 210 valence electrons. The normalized spacial score (nSPS) is 14.6. The van der Waals surface area contributed by atoms with Crippen molar-refractivity contribution < 1.29 is 27.2 Å². The minimum atomic E-state index is -4.01. The number of nitrogens with one attached hydrogen (secondary N) is 1. The van der Waals surface area contributed by atoms with E-state index in [9.17, 15) is 27.2 Å². The Kier molecular flexibility index (Phi) is 8.99. The number of carbonyl (C=O) groups excluding carboxylic acids is 3. The molecular formula is C30H32FN3O5S. The van der Waals surface area contributed by atoms with Crippen LogP contribution in [0.2, 0.25) is 0 Å². The van der Waals surface area contributed by atoms with Gasteiger partial charge in [0, 0.05) is 37.5 Å². The highest BCUT2D eigenvalue weighted by Gasteiger charge is 2.40. The zero-order valence-electron chi connectivity index (χ0n) is 22.4. The van der Waals surface area contributed by atoms with Gasteiger partial charge in [-0.05, 0) is 44.0 Å². The molecule has 1 N–H and O–H groups in total. The van der Waals surface area contributed by atoms with Gasteiger partial charge < -0.3 is 10.2 Å². The lowest BCUT2D eigenvalue weighted by Crippen LogP contribution is -2.52. The highest BCUT2D eigenvalue weighted by Crippen LogP contribution is 2.30. The number of hydrogen-bond acceptors (Lipinski definition) is 5. The summed E-state index contributed by atoms with van der Waals surface area (Å²) in [7, 11) is -4.01. The highest BCUT2D eigenvalue weighted by molar-refractivity contribution is 7.90. The van der Waals surface area contributed by atoms with Gasteiger partial charge in [-0.25, -0.2) is 17.1 Å². The Morgan fingerprint density at radius 1 is 0.950 bits per heavy atom. The summed E-state index contributed by atoms with van der Waals surface area (Å²) in [5, 5.41) is 2.87. The maximum atomic E-state index is 14.7. The average Bonchev–Trinajstić information content (AvgIpc) is 3.12. The van der Waals surface area contributed by atoms with Crippen LogP contribution in [0.25, 0.3) is 0 Å². The second-order valence-corrected chi connectivity index (χ2v) is 11.8. The van der Waals surface area contributed by atoms with Crippen molar-refractivity contribution in [2.75, 3.05) is 6.54 Å². The number of carbonyl (C=O) groups is 3. The average molecular weight is 566 g/mol. The van der Waals surface area contributed by atoms with Crippen molar-refractivity contribution >= 4 is 27.7 Å². The van der Waals surface area contributed by atoms with Gasteiger partial charge in [0.1, 0.15) is 16.8 Å². The van der Waals surface area contributed by atoms with Crippen LogP contribution in [0.15, 0.2) is 83.8 Å². The Morgan fingerprint density at radius 3 is 2.27 bits per heavy atom. The Labute approximate surface area is 233 Å². The summed E-state index contributed by atoms with van der Waals surface area (Å²) >= 11 is 0. The van der Waals surface area contributed by atoms with Crippen molar-refractivity contribution in [2.45, 2.75) is 56.6 Å². The molecule has 10 heteroatoms. The molecule has 0 fully saturated rings. The summed E-state index contributed by atoms with van der Waals surface area (Å²) in [6, 6.07) is 20.1. The molecule has 8 nitrogen and oxygen atoms in total. The zero-order valence-corrected chi connectivity index (χ0v) is 23.2. The van der Waals surface area contributed by atoms with Crippen molar-refractivity contribution in [2.24, 2.45) is 0 Å². The third-order valence-corrected chi connectivity index (χ3v) is 8.50. The molecule has 1 aliphatic rings. The van der Waals surface area contributed by atoms with Crippen molar-refractivity contribution in [3.63, 3.8) is 0 Å². The highest BCUT2D eigenvalue weighted by atomic mass is 32.2. The van der Waals surface area contributed by atoms with Gasteiger partial charge in [-0.3, -0.25) is 14.4 Å². The van der Waals surface area contributed by atoms with E-state index in [0.717, 1.165) is 9.87 Å². The van der Waals surface area contributed by atoms with E-state index >= 15 is 0 Å². The fourth-order valence-corrected chi connectivity index (χ4v) is 6.32. The quantitative estimate of drug-likeness (QED) is 0.380. The van der Waals surface area contributed by atoms with Crippen LogP contribution in [0.4, 0.5) is 4.39 Å². The topological polar surface area (TPSA) is 104 Å². The lowest BCUT2D eigenvalue weighted by molar-refractivity contribution is -0.141. The Morgan fingerprint density at radius 2 is 1.60 bits per heavy atom. The molecule has 0 saturated heterocycles. The first-order chi connectivity index (χ1) is 19.1. The number of nitrogens with zero attached hydrogens (tertiary/aromatic N) is 2. The Hall–Kier alpha value is -4.05. The molecular weight excluding hydrogens is 533 g/mol. The van der Waals surface area contributed by atoms with Gasteiger partial charge in [0.15, 0.2) is 0 Å². The number of halogens is 1. The molecule has 3 aromatic rings. The third kappa shape index (κ3) is 6.39. The smallest absolute Gasteiger partial charge is 0.269 e. The van der Waals surface area contributed by atoms with Gasteiger partial charge in [-0.15, -0.1) is 0 Å². The number of sulfonamides is 1. The lowest BCUT2D eigenvalue weighted by atomic mass is 10.0. The van der Waals surface area contributed by atoms with Crippen LogP contribution in [-0.4, -0.2) is 54.0 Å². The van der Waals surface area contributed by atoms with Crippen molar-refractivity contribution in [1.29, 1.82) is 0 Å². The van der Waals surface area contributed by atoms with E-state index in [1.54, 1.807) is 30.3 Å². The SMILES string of the molecule is CC(C)NC(=O)[C@@H](Cc1ccccc1)N(Cc1ccccc1F)C(=O)CCCN1C(=O)c2ccccc2S1(=O)=O. The molecule has 0 spiro atoms. The molecule has 3 amide bonds. The number of rotatable bonds is 11. The number of benzene rings is 3. The summed E-state index contributed by atoms with van der Waals surface area (Å²) < 4.78 is 41.3. The van der Waals surface area contributed by atoms with E-state index in [1.807, 2.05) is 44.2 Å². The summed E-state index contributed by atoms with van der Waals surface area (Å²) in [4.78, 5) is 41.1. The largest absolute Gasteiger partial charge is 0.352 e. The van der Waals surface area contributed by atoms with E-state index in [2.05, 4.69) is 5.32 Å². The van der Waals surface area contributed by atoms with Gasteiger partial charge in [0.05, 0.1) is 5.56 Å². The van der Waals surface area contributed by atoms with Crippen molar-refractivity contribution in [1.82, 2.24) is 14.5 Å². The van der Waals surface area contributed by atoms with Crippen LogP contribution in [0.1, 0.15) is 48.2 Å². The molecule has 3 aromatic carbocycles. The summed E-state index contributed by atoms with van der Waals surface area (Å²) in [6.45, 7) is 3.27. The Bertz CT molecular complexity index is 1490. The van der Waals surface area contributed by atoms with E-state index in [1.165, 1.54) is 23.1 Å². The van der Waals surface area contributed by atoms with Crippen LogP contribution in [0.5, 0.6) is 0 Å². The molecule has 0 unspecified atom stereocenters. The number of hydrogen-bond donors (Lipinski definition) is 1. The first-order valence-electron chi connectivity index (χ1n) is 13.1. The van der Waals surface area contributed by atoms with Gasteiger partial charge in [0.25, 0.3) is 15.9 Å². The number of amides is 3.